The highest BCUT2D eigenvalue weighted by molar-refractivity contribution is 6.31. The molecule has 1 aromatic heterocycles. The number of carbonyl (C=O) groups is 2. The van der Waals surface area contributed by atoms with Crippen LogP contribution in [0.2, 0.25) is 5.02 Å². The number of benzene rings is 2. The Morgan fingerprint density at radius 3 is 2.63 bits per heavy atom. The number of nitrogens with zero attached hydrogens (tertiary/aromatic N) is 4. The maximum absolute atomic E-state index is 13.5. The van der Waals surface area contributed by atoms with Gasteiger partial charge in [-0.3, -0.25) is 9.59 Å². The van der Waals surface area contributed by atoms with Crippen LogP contribution in [0.15, 0.2) is 59.1 Å². The van der Waals surface area contributed by atoms with Gasteiger partial charge < -0.3 is 14.3 Å². The summed E-state index contributed by atoms with van der Waals surface area (Å²) in [6.07, 6.45) is 2.52. The Hall–Kier alpha value is -2.90. The minimum Gasteiger partial charge on any atom is -0.337 e. The van der Waals surface area contributed by atoms with Gasteiger partial charge in [0.25, 0.3) is 0 Å². The first-order valence-electron chi connectivity index (χ1n) is 11.7. The van der Waals surface area contributed by atoms with Crippen molar-refractivity contribution in [3.05, 3.63) is 71.1 Å². The van der Waals surface area contributed by atoms with Crippen molar-refractivity contribution in [1.29, 1.82) is 0 Å². The Bertz CT molecular complexity index is 1170. The van der Waals surface area contributed by atoms with Gasteiger partial charge >= 0.3 is 0 Å². The Kier molecular flexibility index (Phi) is 8.08. The number of rotatable bonds is 7. The molecular formula is C26H28Cl2N4O3. The molecule has 2 aromatic carbocycles. The van der Waals surface area contributed by atoms with Crippen molar-refractivity contribution in [2.24, 2.45) is 0 Å². The van der Waals surface area contributed by atoms with Crippen LogP contribution in [0.4, 0.5) is 0 Å². The molecule has 35 heavy (non-hydrogen) atoms. The number of likely N-dealkylation sites (tertiary alicyclic amines) is 1. The summed E-state index contributed by atoms with van der Waals surface area (Å²) in [6.45, 7) is 4.24. The molecule has 2 unspecified atom stereocenters. The van der Waals surface area contributed by atoms with Gasteiger partial charge in [-0.25, -0.2) is 0 Å². The molecule has 1 saturated heterocycles. The van der Waals surface area contributed by atoms with E-state index in [4.69, 9.17) is 27.7 Å². The monoisotopic (exact) mass is 514 g/mol. The van der Waals surface area contributed by atoms with E-state index in [2.05, 4.69) is 10.1 Å². The van der Waals surface area contributed by atoms with Crippen molar-refractivity contribution in [2.45, 2.75) is 50.6 Å². The summed E-state index contributed by atoms with van der Waals surface area (Å²) in [5, 5.41) is 3.82. The van der Waals surface area contributed by atoms with Crippen LogP contribution < -0.4 is 0 Å². The minimum absolute atomic E-state index is 0.0711. The summed E-state index contributed by atoms with van der Waals surface area (Å²) in [5.74, 6) is 0.342. The average Bonchev–Trinajstić information content (AvgIpc) is 3.37. The molecular weight excluding hydrogens is 487 g/mol. The fourth-order valence-electron chi connectivity index (χ4n) is 4.26. The predicted octanol–water partition coefficient (Wildman–Crippen LogP) is 5.66. The molecule has 3 aromatic rings. The number of halogens is 2. The van der Waals surface area contributed by atoms with Gasteiger partial charge in [0.2, 0.25) is 23.5 Å². The average molecular weight is 515 g/mol. The van der Waals surface area contributed by atoms with E-state index in [-0.39, 0.29) is 30.4 Å². The van der Waals surface area contributed by atoms with Gasteiger partial charge in [-0.2, -0.15) is 4.98 Å². The summed E-state index contributed by atoms with van der Waals surface area (Å²) in [4.78, 5) is 34.5. The van der Waals surface area contributed by atoms with Gasteiger partial charge in [-0.1, -0.05) is 59.2 Å². The van der Waals surface area contributed by atoms with Crippen molar-refractivity contribution in [3.63, 3.8) is 0 Å². The van der Waals surface area contributed by atoms with Crippen LogP contribution in [0.25, 0.3) is 11.4 Å². The zero-order chi connectivity index (χ0) is 24.9. The maximum atomic E-state index is 13.5. The highest BCUT2D eigenvalue weighted by atomic mass is 35.5. The van der Waals surface area contributed by atoms with E-state index >= 15 is 0 Å². The standard InChI is InChI=1S/C26H28Cl2N4O3/c1-17(2)32(26(34)23(28)18-9-4-3-5-10-18)16-22(33)31-14-7-6-13-21(31)25-29-24(30-35-25)19-11-8-12-20(27)15-19/h3-5,8-12,15,17,21,23H,6-7,13-14,16H2,1-2H3. The summed E-state index contributed by atoms with van der Waals surface area (Å²) < 4.78 is 5.58. The van der Waals surface area contributed by atoms with E-state index in [0.717, 1.165) is 18.4 Å². The fraction of sp³-hybridized carbons (Fsp3) is 0.385. The number of amides is 2. The lowest BCUT2D eigenvalue weighted by atomic mass is 10.0. The largest absolute Gasteiger partial charge is 0.337 e. The molecule has 1 aliphatic heterocycles. The molecule has 2 atom stereocenters. The van der Waals surface area contributed by atoms with Gasteiger partial charge in [0.1, 0.15) is 18.0 Å². The van der Waals surface area contributed by atoms with Gasteiger partial charge in [-0.05, 0) is 50.8 Å². The second kappa shape index (κ2) is 11.2. The van der Waals surface area contributed by atoms with Crippen LogP contribution in [0.3, 0.4) is 0 Å². The normalized spacial score (nSPS) is 16.8. The molecule has 0 spiro atoms. The van der Waals surface area contributed by atoms with Crippen molar-refractivity contribution in [3.8, 4) is 11.4 Å². The molecule has 2 heterocycles. The number of hydrogen-bond donors (Lipinski definition) is 0. The zero-order valence-corrected chi connectivity index (χ0v) is 21.2. The third-order valence-electron chi connectivity index (χ3n) is 6.15. The van der Waals surface area contributed by atoms with E-state index < -0.39 is 5.38 Å². The molecule has 2 amide bonds. The topological polar surface area (TPSA) is 79.5 Å². The Labute approximate surface area is 215 Å². The third kappa shape index (κ3) is 5.85. The van der Waals surface area contributed by atoms with Crippen LogP contribution in [0, 0.1) is 0 Å². The Morgan fingerprint density at radius 1 is 1.14 bits per heavy atom. The molecule has 0 radical (unpaired) electrons. The number of piperidine rings is 1. The molecule has 1 aliphatic rings. The van der Waals surface area contributed by atoms with Gasteiger partial charge in [0.15, 0.2) is 0 Å². The van der Waals surface area contributed by atoms with Crippen LogP contribution in [-0.4, -0.2) is 50.9 Å². The number of carbonyl (C=O) groups excluding carboxylic acids is 2. The summed E-state index contributed by atoms with van der Waals surface area (Å²) >= 11 is 12.6. The van der Waals surface area contributed by atoms with E-state index in [1.54, 1.807) is 17.0 Å². The summed E-state index contributed by atoms with van der Waals surface area (Å²) in [6, 6.07) is 15.8. The van der Waals surface area contributed by atoms with Gasteiger partial charge in [0.05, 0.1) is 0 Å². The fourth-order valence-corrected chi connectivity index (χ4v) is 4.72. The lowest BCUT2D eigenvalue weighted by Gasteiger charge is -2.36. The molecule has 7 nitrogen and oxygen atoms in total. The molecule has 9 heteroatoms. The highest BCUT2D eigenvalue weighted by Crippen LogP contribution is 2.32. The summed E-state index contributed by atoms with van der Waals surface area (Å²) in [5.41, 5.74) is 1.44. The lowest BCUT2D eigenvalue weighted by molar-refractivity contribution is -0.144. The van der Waals surface area contributed by atoms with Gasteiger partial charge in [-0.15, -0.1) is 11.6 Å². The van der Waals surface area contributed by atoms with Crippen molar-refractivity contribution in [2.75, 3.05) is 13.1 Å². The van der Waals surface area contributed by atoms with Crippen molar-refractivity contribution in [1.82, 2.24) is 19.9 Å². The van der Waals surface area contributed by atoms with Crippen molar-refractivity contribution >= 4 is 35.0 Å². The highest BCUT2D eigenvalue weighted by Gasteiger charge is 2.35. The Morgan fingerprint density at radius 2 is 1.91 bits per heavy atom. The minimum atomic E-state index is -0.861. The van der Waals surface area contributed by atoms with Gasteiger partial charge in [0, 0.05) is 23.2 Å². The van der Waals surface area contributed by atoms with E-state index in [1.807, 2.05) is 56.3 Å². The second-order valence-electron chi connectivity index (χ2n) is 8.90. The number of hydrogen-bond acceptors (Lipinski definition) is 5. The van der Waals surface area contributed by atoms with E-state index in [9.17, 15) is 9.59 Å². The van der Waals surface area contributed by atoms with Crippen molar-refractivity contribution < 1.29 is 14.1 Å². The van der Waals surface area contributed by atoms with Crippen LogP contribution in [-0.2, 0) is 9.59 Å². The molecule has 4 rings (SSSR count). The first-order valence-corrected chi connectivity index (χ1v) is 12.5. The van der Waals surface area contributed by atoms with E-state index in [0.29, 0.717) is 35.3 Å². The molecule has 184 valence electrons. The maximum Gasteiger partial charge on any atom is 0.249 e. The Balaban J connectivity index is 1.51. The smallest absolute Gasteiger partial charge is 0.249 e. The number of aromatic nitrogens is 2. The second-order valence-corrected chi connectivity index (χ2v) is 9.77. The number of alkyl halides is 1. The molecule has 1 fully saturated rings. The lowest BCUT2D eigenvalue weighted by Crippen LogP contribution is -2.48. The molecule has 0 aliphatic carbocycles. The summed E-state index contributed by atoms with van der Waals surface area (Å²) in [7, 11) is 0. The van der Waals surface area contributed by atoms with Crippen LogP contribution >= 0.6 is 23.2 Å². The molecule has 0 bridgehead atoms. The van der Waals surface area contributed by atoms with E-state index in [1.165, 1.54) is 4.90 Å². The molecule has 0 N–H and O–H groups in total. The first kappa shape index (κ1) is 25.2. The van der Waals surface area contributed by atoms with Crippen LogP contribution in [0.1, 0.15) is 56.0 Å². The SMILES string of the molecule is CC(C)N(CC(=O)N1CCCCC1c1nc(-c2cccc(Cl)c2)no1)C(=O)C(Cl)c1ccccc1. The first-order chi connectivity index (χ1) is 16.8. The zero-order valence-electron chi connectivity index (χ0n) is 19.7. The predicted molar refractivity (Wildman–Crippen MR) is 135 cm³/mol. The molecule has 0 saturated carbocycles. The third-order valence-corrected chi connectivity index (χ3v) is 6.83. The quantitative estimate of drug-likeness (QED) is 0.380. The van der Waals surface area contributed by atoms with Crippen LogP contribution in [0.5, 0.6) is 0 Å².